The summed E-state index contributed by atoms with van der Waals surface area (Å²) < 4.78 is 5.74. The normalized spacial score (nSPS) is 12.6. The van der Waals surface area contributed by atoms with Crippen LogP contribution in [0.25, 0.3) is 0 Å². The summed E-state index contributed by atoms with van der Waals surface area (Å²) in [5.41, 5.74) is 1.31. The van der Waals surface area contributed by atoms with Gasteiger partial charge in [-0.15, -0.1) is 0 Å². The van der Waals surface area contributed by atoms with Crippen molar-refractivity contribution >= 4 is 8.32 Å². The van der Waals surface area contributed by atoms with E-state index >= 15 is 0 Å². The van der Waals surface area contributed by atoms with Gasteiger partial charge in [-0.05, 0) is 37.3 Å². The van der Waals surface area contributed by atoms with Crippen LogP contribution in [0.4, 0.5) is 0 Å². The van der Waals surface area contributed by atoms with Crippen LogP contribution in [0.3, 0.4) is 0 Å². The number of nitriles is 2. The molecule has 0 aliphatic carbocycles. The second kappa shape index (κ2) is 4.94. The third-order valence-corrected chi connectivity index (χ3v) is 2.85. The Morgan fingerprint density at radius 3 is 2.44 bits per heavy atom. The molecule has 0 amide bonds. The van der Waals surface area contributed by atoms with Crippen molar-refractivity contribution in [2.75, 3.05) is 0 Å². The molecule has 82 valence electrons. The van der Waals surface area contributed by atoms with Crippen molar-refractivity contribution in [1.29, 1.82) is 10.5 Å². The summed E-state index contributed by atoms with van der Waals surface area (Å²) in [5.74, 6) is 0. The molecule has 0 N–H and O–H groups in total. The van der Waals surface area contributed by atoms with Crippen molar-refractivity contribution in [2.45, 2.75) is 25.7 Å². The molecule has 0 bridgehead atoms. The van der Waals surface area contributed by atoms with E-state index in [1.54, 1.807) is 18.2 Å². The predicted molar refractivity (Wildman–Crippen MR) is 63.9 cm³/mol. The molecule has 0 radical (unpaired) electrons. The molecule has 0 aliphatic rings. The van der Waals surface area contributed by atoms with E-state index < -0.39 is 14.4 Å². The first-order valence-electron chi connectivity index (χ1n) is 5.04. The quantitative estimate of drug-likeness (QED) is 0.750. The van der Waals surface area contributed by atoms with E-state index in [0.717, 1.165) is 5.56 Å². The summed E-state index contributed by atoms with van der Waals surface area (Å²) in [6.07, 6.45) is -0.569. The fraction of sp³-hybridized carbons (Fsp3) is 0.333. The van der Waals surface area contributed by atoms with Gasteiger partial charge in [0.25, 0.3) is 0 Å². The molecule has 0 aliphatic heterocycles. The fourth-order valence-corrected chi connectivity index (χ4v) is 2.19. The van der Waals surface area contributed by atoms with Gasteiger partial charge >= 0.3 is 0 Å². The standard InChI is InChI=1S/C12H14N2OSi/c1-16(2,3)15-12(9-14)11-6-4-5-10(7-11)8-13/h4-7,12H,1-3H3. The van der Waals surface area contributed by atoms with Gasteiger partial charge in [0.2, 0.25) is 0 Å². The minimum Gasteiger partial charge on any atom is -0.399 e. The van der Waals surface area contributed by atoms with E-state index in [1.807, 2.05) is 25.7 Å². The second-order valence-corrected chi connectivity index (χ2v) is 8.94. The Balaban J connectivity index is 2.97. The summed E-state index contributed by atoms with van der Waals surface area (Å²) in [5, 5.41) is 17.9. The molecule has 4 heteroatoms. The lowest BCUT2D eigenvalue weighted by atomic mass is 10.1. The lowest BCUT2D eigenvalue weighted by Gasteiger charge is -2.21. The zero-order valence-corrected chi connectivity index (χ0v) is 10.7. The van der Waals surface area contributed by atoms with Crippen LogP contribution in [0.1, 0.15) is 17.2 Å². The van der Waals surface area contributed by atoms with Gasteiger partial charge in [-0.1, -0.05) is 12.1 Å². The zero-order chi connectivity index (χ0) is 12.2. The van der Waals surface area contributed by atoms with Gasteiger partial charge in [-0.3, -0.25) is 0 Å². The number of hydrogen-bond acceptors (Lipinski definition) is 3. The molecule has 0 saturated heterocycles. The smallest absolute Gasteiger partial charge is 0.186 e. The molecule has 0 heterocycles. The average Bonchev–Trinajstić information content (AvgIpc) is 2.25. The van der Waals surface area contributed by atoms with Crippen LogP contribution in [0, 0.1) is 22.7 Å². The van der Waals surface area contributed by atoms with Crippen LogP contribution in [0.2, 0.25) is 19.6 Å². The third-order valence-electron chi connectivity index (χ3n) is 1.91. The summed E-state index contributed by atoms with van der Waals surface area (Å²) >= 11 is 0. The van der Waals surface area contributed by atoms with E-state index in [9.17, 15) is 0 Å². The van der Waals surface area contributed by atoms with Gasteiger partial charge in [0.1, 0.15) is 0 Å². The monoisotopic (exact) mass is 230 g/mol. The lowest BCUT2D eigenvalue weighted by molar-refractivity contribution is 0.255. The highest BCUT2D eigenvalue weighted by molar-refractivity contribution is 6.69. The maximum absolute atomic E-state index is 9.07. The van der Waals surface area contributed by atoms with Crippen molar-refractivity contribution < 1.29 is 4.43 Å². The van der Waals surface area contributed by atoms with E-state index in [1.165, 1.54) is 0 Å². The Labute approximate surface area is 97.0 Å². The first-order valence-corrected chi connectivity index (χ1v) is 8.44. The van der Waals surface area contributed by atoms with Crippen LogP contribution in [0.5, 0.6) is 0 Å². The Bertz CT molecular complexity index is 451. The van der Waals surface area contributed by atoms with E-state index in [-0.39, 0.29) is 0 Å². The van der Waals surface area contributed by atoms with Gasteiger partial charge in [0.05, 0.1) is 17.7 Å². The minimum atomic E-state index is -1.76. The molecule has 0 aromatic heterocycles. The first kappa shape index (κ1) is 12.4. The summed E-state index contributed by atoms with van der Waals surface area (Å²) in [7, 11) is -1.76. The summed E-state index contributed by atoms with van der Waals surface area (Å²) in [6.45, 7) is 6.10. The molecule has 1 unspecified atom stereocenters. The molecule has 1 aromatic rings. The second-order valence-electron chi connectivity index (χ2n) is 4.48. The largest absolute Gasteiger partial charge is 0.399 e. The maximum atomic E-state index is 9.07. The van der Waals surface area contributed by atoms with E-state index in [2.05, 4.69) is 12.1 Å². The van der Waals surface area contributed by atoms with Crippen molar-refractivity contribution in [3.63, 3.8) is 0 Å². The van der Waals surface area contributed by atoms with Crippen molar-refractivity contribution in [2.24, 2.45) is 0 Å². The molecule has 16 heavy (non-hydrogen) atoms. The van der Waals surface area contributed by atoms with Crippen LogP contribution in [-0.2, 0) is 4.43 Å². The molecule has 0 saturated carbocycles. The third kappa shape index (κ3) is 3.51. The SMILES string of the molecule is C[Si](C)(C)OC(C#N)c1cccc(C#N)c1. The first-order chi connectivity index (χ1) is 7.46. The topological polar surface area (TPSA) is 56.8 Å². The van der Waals surface area contributed by atoms with Crippen LogP contribution in [0.15, 0.2) is 24.3 Å². The molecular formula is C12H14N2OSi. The number of hydrogen-bond donors (Lipinski definition) is 0. The highest BCUT2D eigenvalue weighted by atomic mass is 28.4. The number of benzene rings is 1. The van der Waals surface area contributed by atoms with Crippen molar-refractivity contribution in [1.82, 2.24) is 0 Å². The van der Waals surface area contributed by atoms with Gasteiger partial charge in [0.15, 0.2) is 14.4 Å². The fourth-order valence-electron chi connectivity index (χ4n) is 1.29. The number of rotatable bonds is 3. The molecular weight excluding hydrogens is 216 g/mol. The molecule has 0 fully saturated rings. The summed E-state index contributed by atoms with van der Waals surface area (Å²) in [6, 6.07) is 11.2. The Morgan fingerprint density at radius 2 is 1.94 bits per heavy atom. The van der Waals surface area contributed by atoms with Crippen LogP contribution >= 0.6 is 0 Å². The van der Waals surface area contributed by atoms with E-state index in [0.29, 0.717) is 5.56 Å². The molecule has 3 nitrogen and oxygen atoms in total. The van der Waals surface area contributed by atoms with Crippen LogP contribution < -0.4 is 0 Å². The minimum absolute atomic E-state index is 0.553. The number of nitrogens with zero attached hydrogens (tertiary/aromatic N) is 2. The van der Waals surface area contributed by atoms with E-state index in [4.69, 9.17) is 14.9 Å². The van der Waals surface area contributed by atoms with Gasteiger partial charge in [0, 0.05) is 0 Å². The Kier molecular flexibility index (Phi) is 3.84. The Morgan fingerprint density at radius 1 is 1.25 bits per heavy atom. The summed E-state index contributed by atoms with van der Waals surface area (Å²) in [4.78, 5) is 0. The molecule has 1 atom stereocenters. The maximum Gasteiger partial charge on any atom is 0.186 e. The van der Waals surface area contributed by atoms with Gasteiger partial charge in [-0.25, -0.2) is 0 Å². The van der Waals surface area contributed by atoms with Crippen molar-refractivity contribution in [3.05, 3.63) is 35.4 Å². The Hall–Kier alpha value is -1.62. The average molecular weight is 230 g/mol. The lowest BCUT2D eigenvalue weighted by Crippen LogP contribution is -2.27. The molecule has 1 rings (SSSR count). The molecule has 0 spiro atoms. The van der Waals surface area contributed by atoms with Gasteiger partial charge in [-0.2, -0.15) is 10.5 Å². The van der Waals surface area contributed by atoms with Crippen LogP contribution in [-0.4, -0.2) is 8.32 Å². The highest BCUT2D eigenvalue weighted by Crippen LogP contribution is 2.22. The van der Waals surface area contributed by atoms with Gasteiger partial charge < -0.3 is 4.43 Å². The van der Waals surface area contributed by atoms with Crippen molar-refractivity contribution in [3.8, 4) is 12.1 Å². The molecule has 1 aromatic carbocycles. The predicted octanol–water partition coefficient (Wildman–Crippen LogP) is 2.97. The zero-order valence-electron chi connectivity index (χ0n) is 9.69. The highest BCUT2D eigenvalue weighted by Gasteiger charge is 2.22.